The maximum Gasteiger partial charge on any atom is 0.417 e. The molecule has 8 nitrogen and oxygen atoms in total. The molecule has 0 unspecified atom stereocenters. The van der Waals surface area contributed by atoms with Crippen molar-refractivity contribution in [1.29, 1.82) is 0 Å². The fourth-order valence-corrected chi connectivity index (χ4v) is 4.47. The Morgan fingerprint density at radius 1 is 0.909 bits per heavy atom. The second-order valence-corrected chi connectivity index (χ2v) is 10.1. The van der Waals surface area contributed by atoms with Gasteiger partial charge in [-0.3, -0.25) is 14.6 Å². The molecule has 1 atom stereocenters. The normalized spacial score (nSPS) is 12.2. The SMILES string of the molecule is COCCN(C)C(=O)[C@H](Cc1ccccc1)N(Cc1ccc(-c2cncnc2)cc1)C(=O)C=Cc1ccc(C(F)(F)F)cn1. The largest absolute Gasteiger partial charge is 0.417 e. The maximum atomic E-state index is 13.9. The molecule has 2 amide bonds. The van der Waals surface area contributed by atoms with Crippen LogP contribution in [0.5, 0.6) is 0 Å². The molecule has 0 aliphatic heterocycles. The number of nitrogens with zero attached hydrogens (tertiary/aromatic N) is 5. The topological polar surface area (TPSA) is 88.5 Å². The summed E-state index contributed by atoms with van der Waals surface area (Å²) in [6.07, 6.45) is 3.85. The summed E-state index contributed by atoms with van der Waals surface area (Å²) in [4.78, 5) is 42.6. The van der Waals surface area contributed by atoms with Crippen LogP contribution in [0.1, 0.15) is 22.4 Å². The summed E-state index contributed by atoms with van der Waals surface area (Å²) in [5.41, 5.74) is 2.62. The van der Waals surface area contributed by atoms with Crippen molar-refractivity contribution in [1.82, 2.24) is 24.8 Å². The van der Waals surface area contributed by atoms with Crippen LogP contribution in [-0.4, -0.2) is 69.9 Å². The average Bonchev–Trinajstić information content (AvgIpc) is 3.04. The third-order valence-electron chi connectivity index (χ3n) is 6.93. The molecule has 0 aliphatic rings. The number of methoxy groups -OCH3 is 1. The van der Waals surface area contributed by atoms with Crippen molar-refractivity contribution in [2.24, 2.45) is 0 Å². The molecule has 228 valence electrons. The third kappa shape index (κ3) is 8.81. The van der Waals surface area contributed by atoms with E-state index < -0.39 is 23.7 Å². The van der Waals surface area contributed by atoms with Crippen molar-refractivity contribution in [2.75, 3.05) is 27.3 Å². The summed E-state index contributed by atoms with van der Waals surface area (Å²) in [5, 5.41) is 0. The first kappa shape index (κ1) is 32.0. The Kier molecular flexibility index (Phi) is 10.9. The second-order valence-electron chi connectivity index (χ2n) is 10.1. The van der Waals surface area contributed by atoms with E-state index in [2.05, 4.69) is 15.0 Å². The van der Waals surface area contributed by atoms with Crippen molar-refractivity contribution in [3.05, 3.63) is 120 Å². The zero-order valence-electron chi connectivity index (χ0n) is 24.3. The quantitative estimate of drug-likeness (QED) is 0.204. The van der Waals surface area contributed by atoms with E-state index >= 15 is 0 Å². The number of ether oxygens (including phenoxy) is 1. The smallest absolute Gasteiger partial charge is 0.383 e. The Balaban J connectivity index is 1.67. The van der Waals surface area contributed by atoms with Crippen molar-refractivity contribution in [3.8, 4) is 11.1 Å². The number of aromatic nitrogens is 3. The zero-order chi connectivity index (χ0) is 31.5. The molecule has 0 saturated heterocycles. The third-order valence-corrected chi connectivity index (χ3v) is 6.93. The summed E-state index contributed by atoms with van der Waals surface area (Å²) in [6, 6.07) is 18.1. The van der Waals surface area contributed by atoms with Crippen LogP contribution in [0, 0.1) is 0 Å². The number of pyridine rings is 1. The number of benzene rings is 2. The van der Waals surface area contributed by atoms with Gasteiger partial charge in [0.25, 0.3) is 0 Å². The van der Waals surface area contributed by atoms with Crippen molar-refractivity contribution in [3.63, 3.8) is 0 Å². The summed E-state index contributed by atoms with van der Waals surface area (Å²) < 4.78 is 44.1. The van der Waals surface area contributed by atoms with E-state index in [1.165, 1.54) is 34.3 Å². The van der Waals surface area contributed by atoms with Crippen LogP contribution in [0.2, 0.25) is 0 Å². The van der Waals surface area contributed by atoms with E-state index in [4.69, 9.17) is 4.74 Å². The highest BCUT2D eigenvalue weighted by atomic mass is 19.4. The van der Waals surface area contributed by atoms with Crippen LogP contribution in [0.4, 0.5) is 13.2 Å². The molecule has 11 heteroatoms. The maximum absolute atomic E-state index is 13.9. The summed E-state index contributed by atoms with van der Waals surface area (Å²) in [7, 11) is 3.20. The molecule has 4 aromatic rings. The Hall–Kier alpha value is -4.90. The lowest BCUT2D eigenvalue weighted by atomic mass is 10.0. The van der Waals surface area contributed by atoms with Crippen molar-refractivity contribution in [2.45, 2.75) is 25.2 Å². The Labute approximate surface area is 253 Å². The van der Waals surface area contributed by atoms with E-state index in [1.54, 1.807) is 26.6 Å². The first-order valence-corrected chi connectivity index (χ1v) is 13.8. The fraction of sp³-hybridized carbons (Fsp3) is 0.242. The number of alkyl halides is 3. The number of hydrogen-bond acceptors (Lipinski definition) is 6. The lowest BCUT2D eigenvalue weighted by molar-refractivity contribution is -0.143. The molecule has 0 fully saturated rings. The summed E-state index contributed by atoms with van der Waals surface area (Å²) in [5.74, 6) is -0.778. The van der Waals surface area contributed by atoms with E-state index in [0.29, 0.717) is 19.3 Å². The van der Waals surface area contributed by atoms with Crippen LogP contribution < -0.4 is 0 Å². The van der Waals surface area contributed by atoms with Crippen LogP contribution in [0.25, 0.3) is 17.2 Å². The van der Waals surface area contributed by atoms with Gasteiger partial charge in [0.2, 0.25) is 11.8 Å². The van der Waals surface area contributed by atoms with Gasteiger partial charge >= 0.3 is 6.18 Å². The van der Waals surface area contributed by atoms with Crippen LogP contribution >= 0.6 is 0 Å². The van der Waals surface area contributed by atoms with Crippen LogP contribution in [0.15, 0.2) is 97.7 Å². The second kappa shape index (κ2) is 15.0. The predicted octanol–water partition coefficient (Wildman–Crippen LogP) is 5.32. The minimum absolute atomic E-state index is 0.0938. The monoisotopic (exact) mass is 603 g/mol. The van der Waals surface area contributed by atoms with E-state index in [9.17, 15) is 22.8 Å². The lowest BCUT2D eigenvalue weighted by Crippen LogP contribution is -2.51. The molecule has 4 rings (SSSR count). The number of hydrogen-bond donors (Lipinski definition) is 0. The van der Waals surface area contributed by atoms with E-state index in [-0.39, 0.29) is 24.6 Å². The molecule has 0 saturated carbocycles. The number of rotatable bonds is 12. The van der Waals surface area contributed by atoms with E-state index in [1.807, 2.05) is 54.6 Å². The molecule has 2 heterocycles. The Morgan fingerprint density at radius 3 is 2.23 bits per heavy atom. The predicted molar refractivity (Wildman–Crippen MR) is 160 cm³/mol. The zero-order valence-corrected chi connectivity index (χ0v) is 24.3. The first-order valence-electron chi connectivity index (χ1n) is 13.8. The fourth-order valence-electron chi connectivity index (χ4n) is 4.47. The van der Waals surface area contributed by atoms with Gasteiger partial charge in [-0.2, -0.15) is 13.2 Å². The minimum atomic E-state index is -4.52. The van der Waals surface area contributed by atoms with Gasteiger partial charge in [0.1, 0.15) is 12.4 Å². The number of amides is 2. The van der Waals surface area contributed by atoms with Crippen LogP contribution in [-0.2, 0) is 33.5 Å². The Morgan fingerprint density at radius 2 is 1.61 bits per heavy atom. The van der Waals surface area contributed by atoms with Crippen molar-refractivity contribution >= 4 is 17.9 Å². The molecule has 0 radical (unpaired) electrons. The molecule has 0 aliphatic carbocycles. The highest BCUT2D eigenvalue weighted by Crippen LogP contribution is 2.28. The summed E-state index contributed by atoms with van der Waals surface area (Å²) >= 11 is 0. The first-order chi connectivity index (χ1) is 21.2. The molecule has 2 aromatic heterocycles. The van der Waals surface area contributed by atoms with Gasteiger partial charge in [0, 0.05) is 63.9 Å². The summed E-state index contributed by atoms with van der Waals surface area (Å²) in [6.45, 7) is 0.733. The molecule has 0 bridgehead atoms. The van der Waals surface area contributed by atoms with Crippen molar-refractivity contribution < 1.29 is 27.5 Å². The molecule has 0 spiro atoms. The highest BCUT2D eigenvalue weighted by Gasteiger charge is 2.32. The van der Waals surface area contributed by atoms with Gasteiger partial charge in [0.15, 0.2) is 0 Å². The molecule has 0 N–H and O–H groups in total. The highest BCUT2D eigenvalue weighted by molar-refractivity contribution is 5.95. The minimum Gasteiger partial charge on any atom is -0.383 e. The standard InChI is InChI=1S/C33H32F3N5O3/c1-40(16-17-44-2)32(43)30(18-24-6-4-3-5-7-24)41(22-25-8-10-26(11-9-25)27-19-37-23-38-20-27)31(42)15-14-29-13-12-28(21-39-29)33(34,35)36/h3-15,19-21,23,30H,16-18,22H2,1-2H3/t30-/m0/s1. The number of likely N-dealkylation sites (N-methyl/N-ethyl adjacent to an activating group) is 1. The number of carbonyl (C=O) groups excluding carboxylic acids is 2. The molecular formula is C33H32F3N5O3. The van der Waals surface area contributed by atoms with Gasteiger partial charge in [-0.15, -0.1) is 0 Å². The van der Waals surface area contributed by atoms with E-state index in [0.717, 1.165) is 28.3 Å². The molecular weight excluding hydrogens is 571 g/mol. The number of halogens is 3. The molecule has 2 aromatic carbocycles. The Bertz CT molecular complexity index is 1530. The van der Waals surface area contributed by atoms with Gasteiger partial charge in [-0.05, 0) is 34.9 Å². The van der Waals surface area contributed by atoms with Gasteiger partial charge < -0.3 is 14.5 Å². The number of carbonyl (C=O) groups is 2. The average molecular weight is 604 g/mol. The lowest BCUT2D eigenvalue weighted by Gasteiger charge is -2.33. The molecule has 44 heavy (non-hydrogen) atoms. The van der Waals surface area contributed by atoms with Crippen LogP contribution in [0.3, 0.4) is 0 Å². The van der Waals surface area contributed by atoms with Gasteiger partial charge in [-0.1, -0.05) is 54.6 Å². The van der Waals surface area contributed by atoms with Gasteiger partial charge in [0.05, 0.1) is 17.9 Å². The van der Waals surface area contributed by atoms with Gasteiger partial charge in [-0.25, -0.2) is 9.97 Å².